The summed E-state index contributed by atoms with van der Waals surface area (Å²) >= 11 is 2.91. The molecule has 0 saturated heterocycles. The van der Waals surface area contributed by atoms with Crippen LogP contribution in [0, 0.1) is 0 Å². The summed E-state index contributed by atoms with van der Waals surface area (Å²) in [6, 6.07) is 1.34. The lowest BCUT2D eigenvalue weighted by Crippen LogP contribution is -2.02. The number of aromatic nitrogens is 1. The molecular weight excluding hydrogens is 246 g/mol. The number of rotatable bonds is 2. The lowest BCUT2D eigenvalue weighted by atomic mass is 10.2. The van der Waals surface area contributed by atoms with Crippen LogP contribution in [0.1, 0.15) is 17.7 Å². The van der Waals surface area contributed by atoms with Gasteiger partial charge in [0.15, 0.2) is 0 Å². The molecule has 1 rings (SSSR count). The summed E-state index contributed by atoms with van der Waals surface area (Å²) in [6.45, 7) is -0.319. The predicted octanol–water partition coefficient (Wildman–Crippen LogP) is 1.86. The number of hydrogen-bond acceptors (Lipinski definition) is 3. The van der Waals surface area contributed by atoms with E-state index in [1.54, 1.807) is 0 Å². The van der Waals surface area contributed by atoms with E-state index in [1.807, 2.05) is 0 Å². The number of nitrogens with two attached hydrogens (primary N) is 1. The quantitative estimate of drug-likeness (QED) is 0.845. The molecule has 0 amide bonds. The first kappa shape index (κ1) is 10.3. The smallest absolute Gasteiger partial charge is 0.281 e. The predicted molar refractivity (Wildman–Crippen MR) is 47.2 cm³/mol. The summed E-state index contributed by atoms with van der Waals surface area (Å²) in [5.41, 5.74) is 5.24. The second-order valence-corrected chi connectivity index (χ2v) is 3.21. The molecule has 0 aromatic carbocycles. The Kier molecular flexibility index (Phi) is 3.16. The molecule has 0 atom stereocenters. The van der Waals surface area contributed by atoms with Crippen molar-refractivity contribution in [3.8, 4) is 0 Å². The van der Waals surface area contributed by atoms with E-state index < -0.39 is 12.1 Å². The maximum atomic E-state index is 12.2. The van der Waals surface area contributed by atoms with E-state index in [0.717, 1.165) is 0 Å². The van der Waals surface area contributed by atoms with E-state index >= 15 is 0 Å². The van der Waals surface area contributed by atoms with Gasteiger partial charge in [0.05, 0.1) is 6.61 Å². The Bertz CT molecular complexity index is 320. The summed E-state index contributed by atoms with van der Waals surface area (Å²) in [5, 5.41) is 8.74. The second-order valence-electron chi connectivity index (χ2n) is 2.36. The summed E-state index contributed by atoms with van der Waals surface area (Å²) in [6.07, 6.45) is -2.68. The average molecular weight is 253 g/mol. The molecule has 0 aliphatic carbocycles. The summed E-state index contributed by atoms with van der Waals surface area (Å²) in [5.74, 6) is -0.0685. The number of nitrogens with zero attached hydrogens (tertiary/aromatic N) is 1. The largest absolute Gasteiger partial charge is 0.392 e. The van der Waals surface area contributed by atoms with Crippen LogP contribution in [0.15, 0.2) is 10.5 Å². The minimum absolute atomic E-state index is 0.0685. The van der Waals surface area contributed by atoms with Gasteiger partial charge in [-0.2, -0.15) is 0 Å². The van der Waals surface area contributed by atoms with Gasteiger partial charge >= 0.3 is 0 Å². The summed E-state index contributed by atoms with van der Waals surface area (Å²) in [4.78, 5) is 3.46. The Balaban J connectivity index is 3.20. The fourth-order valence-corrected chi connectivity index (χ4v) is 1.37. The van der Waals surface area contributed by atoms with Gasteiger partial charge in [-0.25, -0.2) is 13.8 Å². The maximum absolute atomic E-state index is 12.2. The van der Waals surface area contributed by atoms with E-state index in [2.05, 4.69) is 20.9 Å². The lowest BCUT2D eigenvalue weighted by Gasteiger charge is -2.06. The van der Waals surface area contributed by atoms with Crippen molar-refractivity contribution in [3.63, 3.8) is 0 Å². The van der Waals surface area contributed by atoms with Crippen molar-refractivity contribution in [1.82, 2.24) is 4.98 Å². The van der Waals surface area contributed by atoms with Crippen molar-refractivity contribution in [3.05, 3.63) is 21.8 Å². The van der Waals surface area contributed by atoms with Gasteiger partial charge in [0, 0.05) is 10.0 Å². The third-order valence-electron chi connectivity index (χ3n) is 1.49. The molecule has 6 heteroatoms. The number of aliphatic hydroxyl groups excluding tert-OH is 1. The number of hydrogen-bond donors (Lipinski definition) is 2. The first-order valence-corrected chi connectivity index (χ1v) is 4.19. The fraction of sp³-hybridized carbons (Fsp3) is 0.286. The van der Waals surface area contributed by atoms with Crippen LogP contribution in [-0.4, -0.2) is 10.1 Å². The van der Waals surface area contributed by atoms with Gasteiger partial charge in [0.1, 0.15) is 11.5 Å². The van der Waals surface area contributed by atoms with Gasteiger partial charge in [0.2, 0.25) is 0 Å². The number of nitrogen functional groups attached to an aromatic ring is 1. The summed E-state index contributed by atoms with van der Waals surface area (Å²) in [7, 11) is 0. The lowest BCUT2D eigenvalue weighted by molar-refractivity contribution is 0.145. The monoisotopic (exact) mass is 252 g/mol. The summed E-state index contributed by atoms with van der Waals surface area (Å²) < 4.78 is 24.6. The first-order chi connectivity index (χ1) is 6.06. The van der Waals surface area contributed by atoms with Crippen molar-refractivity contribution in [2.45, 2.75) is 13.0 Å². The molecule has 0 unspecified atom stereocenters. The average Bonchev–Trinajstić information content (AvgIpc) is 2.07. The van der Waals surface area contributed by atoms with Crippen LogP contribution in [0.2, 0.25) is 0 Å². The van der Waals surface area contributed by atoms with Crippen molar-refractivity contribution in [1.29, 1.82) is 0 Å². The van der Waals surface area contributed by atoms with Crippen LogP contribution in [0.4, 0.5) is 14.6 Å². The van der Waals surface area contributed by atoms with Crippen molar-refractivity contribution in [2.75, 3.05) is 5.73 Å². The van der Waals surface area contributed by atoms with Crippen LogP contribution in [0.5, 0.6) is 0 Å². The van der Waals surface area contributed by atoms with Crippen molar-refractivity contribution in [2.24, 2.45) is 0 Å². The number of halogens is 3. The fourth-order valence-electron chi connectivity index (χ4n) is 0.835. The highest BCUT2D eigenvalue weighted by atomic mass is 79.9. The molecule has 0 bridgehead atoms. The zero-order valence-corrected chi connectivity index (χ0v) is 8.05. The van der Waals surface area contributed by atoms with Crippen LogP contribution in [0.25, 0.3) is 0 Å². The molecular formula is C7H7BrF2N2O. The number of alkyl halides is 2. The van der Waals surface area contributed by atoms with E-state index in [9.17, 15) is 8.78 Å². The standard InChI is InChI=1S/C7H7BrF2N2O/c8-4-1-3(2-13)7(11)12-5(4)6(9)10/h1,6,13H,2H2,(H2,11,12). The topological polar surface area (TPSA) is 59.1 Å². The van der Waals surface area contributed by atoms with Gasteiger partial charge in [-0.3, -0.25) is 0 Å². The molecule has 0 aliphatic heterocycles. The van der Waals surface area contributed by atoms with Gasteiger partial charge in [-0.05, 0) is 22.0 Å². The third kappa shape index (κ3) is 2.13. The normalized spacial score (nSPS) is 10.8. The van der Waals surface area contributed by atoms with Gasteiger partial charge in [-0.1, -0.05) is 0 Å². The molecule has 1 aromatic heterocycles. The molecule has 3 N–H and O–H groups in total. The van der Waals surface area contributed by atoms with Gasteiger partial charge in [-0.15, -0.1) is 0 Å². The van der Waals surface area contributed by atoms with Gasteiger partial charge in [0.25, 0.3) is 6.43 Å². The van der Waals surface area contributed by atoms with Crippen LogP contribution < -0.4 is 5.73 Å². The Morgan fingerprint density at radius 3 is 2.69 bits per heavy atom. The molecule has 1 aromatic rings. The molecule has 3 nitrogen and oxygen atoms in total. The van der Waals surface area contributed by atoms with Crippen LogP contribution >= 0.6 is 15.9 Å². The van der Waals surface area contributed by atoms with Crippen LogP contribution in [0.3, 0.4) is 0 Å². The molecule has 0 radical (unpaired) electrons. The van der Waals surface area contributed by atoms with Crippen molar-refractivity contribution < 1.29 is 13.9 Å². The Morgan fingerprint density at radius 2 is 2.23 bits per heavy atom. The van der Waals surface area contributed by atoms with E-state index in [1.165, 1.54) is 6.07 Å². The van der Waals surface area contributed by atoms with Gasteiger partial charge < -0.3 is 10.8 Å². The van der Waals surface area contributed by atoms with E-state index in [4.69, 9.17) is 10.8 Å². The Hall–Kier alpha value is -0.750. The highest BCUT2D eigenvalue weighted by molar-refractivity contribution is 9.10. The SMILES string of the molecule is Nc1nc(C(F)F)c(Br)cc1CO. The molecule has 0 fully saturated rings. The minimum Gasteiger partial charge on any atom is -0.392 e. The highest BCUT2D eigenvalue weighted by Gasteiger charge is 2.15. The van der Waals surface area contributed by atoms with E-state index in [-0.39, 0.29) is 16.9 Å². The minimum atomic E-state index is -2.68. The number of aliphatic hydroxyl groups is 1. The zero-order chi connectivity index (χ0) is 10.0. The first-order valence-electron chi connectivity index (χ1n) is 3.40. The molecule has 0 spiro atoms. The highest BCUT2D eigenvalue weighted by Crippen LogP contribution is 2.28. The molecule has 0 aliphatic rings. The molecule has 1 heterocycles. The molecule has 0 saturated carbocycles. The third-order valence-corrected chi connectivity index (χ3v) is 2.13. The number of pyridine rings is 1. The zero-order valence-electron chi connectivity index (χ0n) is 6.47. The Morgan fingerprint density at radius 1 is 1.62 bits per heavy atom. The maximum Gasteiger partial charge on any atom is 0.281 e. The van der Waals surface area contributed by atoms with Crippen molar-refractivity contribution >= 4 is 21.7 Å². The van der Waals surface area contributed by atoms with Crippen LogP contribution in [-0.2, 0) is 6.61 Å². The number of anilines is 1. The molecule has 72 valence electrons. The Labute approximate surface area is 81.7 Å². The molecule has 13 heavy (non-hydrogen) atoms. The van der Waals surface area contributed by atoms with E-state index in [0.29, 0.717) is 5.56 Å². The second kappa shape index (κ2) is 3.97.